The molecule has 2 heteroatoms. The Kier molecular flexibility index (Phi) is 7.15. The molecule has 1 N–H and O–H groups in total. The van der Waals surface area contributed by atoms with E-state index in [0.717, 1.165) is 17.1 Å². The van der Waals surface area contributed by atoms with Gasteiger partial charge in [0.25, 0.3) is 0 Å². The van der Waals surface area contributed by atoms with Crippen LogP contribution < -0.4 is 5.32 Å². The summed E-state index contributed by atoms with van der Waals surface area (Å²) < 4.78 is 0. The molecule has 0 heterocycles. The summed E-state index contributed by atoms with van der Waals surface area (Å²) in [6, 6.07) is 8.16. The quantitative estimate of drug-likeness (QED) is 0.491. The Bertz CT molecular complexity index is 286. The highest BCUT2D eigenvalue weighted by Gasteiger charge is 1.95. The summed E-state index contributed by atoms with van der Waals surface area (Å²) in [5.74, 6) is 0. The Balaban J connectivity index is 2.05. The fourth-order valence-corrected chi connectivity index (χ4v) is 1.99. The predicted octanol–water partition coefficient (Wildman–Crippen LogP) is 4.75. The molecule has 0 unspecified atom stereocenters. The van der Waals surface area contributed by atoms with E-state index in [1.807, 2.05) is 18.2 Å². The van der Waals surface area contributed by atoms with Crippen LogP contribution in [-0.2, 0) is 0 Å². The van der Waals surface area contributed by atoms with Gasteiger partial charge in [-0.1, -0.05) is 51.2 Å². The number of nitrogens with one attached hydrogen (secondary N) is 1. The molecule has 0 fully saturated rings. The first-order chi connectivity index (χ1) is 7.84. The molecule has 0 saturated carbocycles. The lowest BCUT2D eigenvalue weighted by Gasteiger charge is -2.08. The van der Waals surface area contributed by atoms with Crippen molar-refractivity contribution in [1.29, 1.82) is 0 Å². The standard InChI is InChI=1S/C14H23NS/c1-2-3-4-5-6-9-12-15-13-10-7-8-11-14(13)16/h7-8,10-11,15-16H,2-6,9,12H2,1H3. The molecule has 1 aromatic rings. The van der Waals surface area contributed by atoms with Gasteiger partial charge in [-0.05, 0) is 18.6 Å². The van der Waals surface area contributed by atoms with E-state index in [1.165, 1.54) is 38.5 Å². The minimum atomic E-state index is 1.04. The van der Waals surface area contributed by atoms with E-state index in [-0.39, 0.29) is 0 Å². The van der Waals surface area contributed by atoms with E-state index in [2.05, 4.69) is 30.9 Å². The van der Waals surface area contributed by atoms with Gasteiger partial charge in [0.1, 0.15) is 0 Å². The Morgan fingerprint density at radius 2 is 1.69 bits per heavy atom. The molecule has 0 bridgehead atoms. The fourth-order valence-electron chi connectivity index (χ4n) is 1.75. The average molecular weight is 237 g/mol. The van der Waals surface area contributed by atoms with Crippen LogP contribution in [-0.4, -0.2) is 6.54 Å². The molecular weight excluding hydrogens is 214 g/mol. The van der Waals surface area contributed by atoms with Crippen LogP contribution in [0.15, 0.2) is 29.2 Å². The highest BCUT2D eigenvalue weighted by Crippen LogP contribution is 2.18. The monoisotopic (exact) mass is 237 g/mol. The fraction of sp³-hybridized carbons (Fsp3) is 0.571. The molecule has 0 saturated heterocycles. The molecule has 0 amide bonds. The van der Waals surface area contributed by atoms with Crippen molar-refractivity contribution in [3.8, 4) is 0 Å². The Labute approximate surface area is 105 Å². The van der Waals surface area contributed by atoms with Gasteiger partial charge in [-0.3, -0.25) is 0 Å². The van der Waals surface area contributed by atoms with Gasteiger partial charge in [0.05, 0.1) is 0 Å². The molecule has 0 aliphatic rings. The summed E-state index contributed by atoms with van der Waals surface area (Å²) in [4.78, 5) is 1.04. The molecule has 1 rings (SSSR count). The van der Waals surface area contributed by atoms with Crippen molar-refractivity contribution in [2.75, 3.05) is 11.9 Å². The number of unbranched alkanes of at least 4 members (excludes halogenated alkanes) is 5. The zero-order chi connectivity index (χ0) is 11.6. The largest absolute Gasteiger partial charge is 0.384 e. The Morgan fingerprint density at radius 1 is 1.00 bits per heavy atom. The summed E-state index contributed by atoms with van der Waals surface area (Å²) in [6.07, 6.45) is 8.06. The summed E-state index contributed by atoms with van der Waals surface area (Å²) in [5.41, 5.74) is 1.15. The summed E-state index contributed by atoms with van der Waals surface area (Å²) in [6.45, 7) is 3.31. The number of benzene rings is 1. The van der Waals surface area contributed by atoms with Crippen LogP contribution >= 0.6 is 12.6 Å². The second-order valence-electron chi connectivity index (χ2n) is 4.21. The second-order valence-corrected chi connectivity index (χ2v) is 4.69. The van der Waals surface area contributed by atoms with Crippen molar-refractivity contribution in [3.05, 3.63) is 24.3 Å². The van der Waals surface area contributed by atoms with E-state index in [1.54, 1.807) is 0 Å². The van der Waals surface area contributed by atoms with E-state index in [0.29, 0.717) is 0 Å². The molecular formula is C14H23NS. The van der Waals surface area contributed by atoms with Crippen LogP contribution in [0.3, 0.4) is 0 Å². The lowest BCUT2D eigenvalue weighted by molar-refractivity contribution is 0.617. The van der Waals surface area contributed by atoms with Crippen molar-refractivity contribution < 1.29 is 0 Å². The number of hydrogen-bond acceptors (Lipinski definition) is 2. The molecule has 0 radical (unpaired) electrons. The minimum absolute atomic E-state index is 1.04. The molecule has 0 aromatic heterocycles. The molecule has 0 aliphatic heterocycles. The minimum Gasteiger partial charge on any atom is -0.384 e. The highest BCUT2D eigenvalue weighted by molar-refractivity contribution is 7.80. The van der Waals surface area contributed by atoms with Gasteiger partial charge in [0, 0.05) is 17.1 Å². The van der Waals surface area contributed by atoms with E-state index >= 15 is 0 Å². The van der Waals surface area contributed by atoms with Crippen LogP contribution in [0.4, 0.5) is 5.69 Å². The normalized spacial score (nSPS) is 10.4. The van der Waals surface area contributed by atoms with E-state index in [9.17, 15) is 0 Å². The molecule has 1 nitrogen and oxygen atoms in total. The average Bonchev–Trinajstić information content (AvgIpc) is 2.30. The van der Waals surface area contributed by atoms with Crippen molar-refractivity contribution in [2.45, 2.75) is 50.3 Å². The van der Waals surface area contributed by atoms with Crippen molar-refractivity contribution in [3.63, 3.8) is 0 Å². The number of para-hydroxylation sites is 1. The lowest BCUT2D eigenvalue weighted by atomic mass is 10.1. The number of thiol groups is 1. The van der Waals surface area contributed by atoms with Gasteiger partial charge < -0.3 is 5.32 Å². The Morgan fingerprint density at radius 3 is 2.44 bits per heavy atom. The first-order valence-corrected chi connectivity index (χ1v) is 6.81. The van der Waals surface area contributed by atoms with Crippen LogP contribution in [0, 0.1) is 0 Å². The van der Waals surface area contributed by atoms with Gasteiger partial charge >= 0.3 is 0 Å². The molecule has 16 heavy (non-hydrogen) atoms. The van der Waals surface area contributed by atoms with E-state index < -0.39 is 0 Å². The van der Waals surface area contributed by atoms with Crippen molar-refractivity contribution >= 4 is 18.3 Å². The maximum atomic E-state index is 4.41. The lowest BCUT2D eigenvalue weighted by Crippen LogP contribution is -2.01. The number of hydrogen-bond donors (Lipinski definition) is 2. The molecule has 90 valence electrons. The third-order valence-electron chi connectivity index (χ3n) is 2.75. The summed E-state index contributed by atoms with van der Waals surface area (Å²) in [7, 11) is 0. The zero-order valence-electron chi connectivity index (χ0n) is 10.2. The smallest absolute Gasteiger partial charge is 0.0475 e. The van der Waals surface area contributed by atoms with E-state index in [4.69, 9.17) is 0 Å². The number of anilines is 1. The van der Waals surface area contributed by atoms with Crippen LogP contribution in [0.1, 0.15) is 45.4 Å². The van der Waals surface area contributed by atoms with Gasteiger partial charge in [0.15, 0.2) is 0 Å². The molecule has 0 aliphatic carbocycles. The maximum Gasteiger partial charge on any atom is 0.0475 e. The Hall–Kier alpha value is -0.630. The van der Waals surface area contributed by atoms with Gasteiger partial charge in [0.2, 0.25) is 0 Å². The van der Waals surface area contributed by atoms with Crippen molar-refractivity contribution in [1.82, 2.24) is 0 Å². The molecule has 1 aromatic carbocycles. The van der Waals surface area contributed by atoms with Crippen LogP contribution in [0.5, 0.6) is 0 Å². The molecule has 0 spiro atoms. The van der Waals surface area contributed by atoms with Gasteiger partial charge in [-0.15, -0.1) is 12.6 Å². The topological polar surface area (TPSA) is 12.0 Å². The zero-order valence-corrected chi connectivity index (χ0v) is 11.1. The van der Waals surface area contributed by atoms with Gasteiger partial charge in [-0.25, -0.2) is 0 Å². The third-order valence-corrected chi connectivity index (χ3v) is 3.14. The first kappa shape index (κ1) is 13.4. The maximum absolute atomic E-state index is 4.41. The van der Waals surface area contributed by atoms with Crippen LogP contribution in [0.25, 0.3) is 0 Å². The van der Waals surface area contributed by atoms with Crippen molar-refractivity contribution in [2.24, 2.45) is 0 Å². The highest BCUT2D eigenvalue weighted by atomic mass is 32.1. The summed E-state index contributed by atoms with van der Waals surface area (Å²) in [5, 5.41) is 3.43. The van der Waals surface area contributed by atoms with Crippen LogP contribution in [0.2, 0.25) is 0 Å². The SMILES string of the molecule is CCCCCCCCNc1ccccc1S. The van der Waals surface area contributed by atoms with Gasteiger partial charge in [-0.2, -0.15) is 0 Å². The summed E-state index contributed by atoms with van der Waals surface area (Å²) >= 11 is 4.41. The second kappa shape index (κ2) is 8.51. The first-order valence-electron chi connectivity index (χ1n) is 6.36. The number of rotatable bonds is 8. The molecule has 0 atom stereocenters. The predicted molar refractivity (Wildman–Crippen MR) is 75.6 cm³/mol. The third kappa shape index (κ3) is 5.45.